The molecule has 0 saturated carbocycles. The summed E-state index contributed by atoms with van der Waals surface area (Å²) in [5, 5.41) is 8.71. The van der Waals surface area contributed by atoms with Gasteiger partial charge < -0.3 is 10.0 Å². The molecule has 0 radical (unpaired) electrons. The van der Waals surface area contributed by atoms with Crippen molar-refractivity contribution in [2.24, 2.45) is 0 Å². The van der Waals surface area contributed by atoms with Gasteiger partial charge in [0.1, 0.15) is 0 Å². The van der Waals surface area contributed by atoms with E-state index in [1.807, 2.05) is 24.3 Å². The third-order valence-electron chi connectivity index (χ3n) is 2.33. The van der Waals surface area contributed by atoms with Crippen LogP contribution in [0.25, 0.3) is 0 Å². The van der Waals surface area contributed by atoms with Crippen LogP contribution in [-0.2, 0) is 4.79 Å². The zero-order valence-electron chi connectivity index (χ0n) is 9.48. The maximum atomic E-state index is 10.6. The Balaban J connectivity index is 2.81. The van der Waals surface area contributed by atoms with Crippen molar-refractivity contribution in [2.45, 2.75) is 26.3 Å². The number of anilines is 1. The van der Waals surface area contributed by atoms with Gasteiger partial charge in [0, 0.05) is 22.7 Å². The van der Waals surface area contributed by atoms with Crippen LogP contribution in [0.1, 0.15) is 20.3 Å². The summed E-state index contributed by atoms with van der Waals surface area (Å²) in [4.78, 5) is 12.7. The van der Waals surface area contributed by atoms with Crippen LogP contribution in [0.3, 0.4) is 0 Å². The number of rotatable bonds is 5. The molecule has 1 rings (SSSR count). The molecule has 0 unspecified atom stereocenters. The Labute approximate surface area is 104 Å². The van der Waals surface area contributed by atoms with Crippen molar-refractivity contribution in [3.05, 3.63) is 28.7 Å². The Hall–Kier alpha value is -1.03. The minimum absolute atomic E-state index is 0.157. The van der Waals surface area contributed by atoms with Gasteiger partial charge >= 0.3 is 5.97 Å². The zero-order valence-corrected chi connectivity index (χ0v) is 11.1. The Bertz CT molecular complexity index is 366. The Morgan fingerprint density at radius 3 is 2.69 bits per heavy atom. The van der Waals surface area contributed by atoms with E-state index in [0.717, 1.165) is 10.2 Å². The van der Waals surface area contributed by atoms with Gasteiger partial charge in [0.25, 0.3) is 0 Å². The van der Waals surface area contributed by atoms with Crippen LogP contribution < -0.4 is 4.90 Å². The van der Waals surface area contributed by atoms with E-state index in [-0.39, 0.29) is 12.5 Å². The molecule has 0 fully saturated rings. The van der Waals surface area contributed by atoms with Crippen molar-refractivity contribution < 1.29 is 9.90 Å². The lowest BCUT2D eigenvalue weighted by Crippen LogP contribution is -2.32. The average molecular weight is 286 g/mol. The topological polar surface area (TPSA) is 40.5 Å². The maximum Gasteiger partial charge on any atom is 0.305 e. The number of halogens is 1. The molecule has 1 aromatic rings. The first-order chi connectivity index (χ1) is 7.50. The first kappa shape index (κ1) is 13.0. The monoisotopic (exact) mass is 285 g/mol. The highest BCUT2D eigenvalue weighted by atomic mass is 79.9. The molecule has 0 saturated heterocycles. The van der Waals surface area contributed by atoms with Crippen molar-refractivity contribution in [1.82, 2.24) is 0 Å². The summed E-state index contributed by atoms with van der Waals surface area (Å²) in [5.74, 6) is -0.763. The number of carboxylic acid groups (broad SMARTS) is 1. The summed E-state index contributed by atoms with van der Waals surface area (Å²) in [5.41, 5.74) is 1.05. The second kappa shape index (κ2) is 5.89. The third kappa shape index (κ3) is 3.85. The fourth-order valence-corrected chi connectivity index (χ4v) is 1.94. The predicted molar refractivity (Wildman–Crippen MR) is 68.9 cm³/mol. The smallest absolute Gasteiger partial charge is 0.305 e. The molecule has 0 bridgehead atoms. The molecule has 0 amide bonds. The fourth-order valence-electron chi connectivity index (χ4n) is 1.56. The molecule has 3 nitrogen and oxygen atoms in total. The molecule has 0 heterocycles. The van der Waals surface area contributed by atoms with Gasteiger partial charge in [0.2, 0.25) is 0 Å². The van der Waals surface area contributed by atoms with Gasteiger partial charge in [-0.3, -0.25) is 4.79 Å². The molecule has 0 atom stereocenters. The van der Waals surface area contributed by atoms with Crippen molar-refractivity contribution in [3.8, 4) is 0 Å². The van der Waals surface area contributed by atoms with Gasteiger partial charge in [0.05, 0.1) is 6.42 Å². The first-order valence-electron chi connectivity index (χ1n) is 5.24. The molecule has 1 aromatic carbocycles. The number of hydrogen-bond acceptors (Lipinski definition) is 2. The lowest BCUT2D eigenvalue weighted by atomic mass is 10.2. The highest BCUT2D eigenvalue weighted by molar-refractivity contribution is 9.10. The number of hydrogen-bond donors (Lipinski definition) is 1. The van der Waals surface area contributed by atoms with Crippen LogP contribution in [0.2, 0.25) is 0 Å². The van der Waals surface area contributed by atoms with Gasteiger partial charge in [-0.05, 0) is 32.0 Å². The van der Waals surface area contributed by atoms with E-state index in [0.29, 0.717) is 6.54 Å². The van der Waals surface area contributed by atoms with Crippen LogP contribution in [0.4, 0.5) is 5.69 Å². The second-order valence-electron chi connectivity index (χ2n) is 3.91. The quantitative estimate of drug-likeness (QED) is 0.904. The maximum absolute atomic E-state index is 10.6. The largest absolute Gasteiger partial charge is 0.481 e. The number of nitrogens with zero attached hydrogens (tertiary/aromatic N) is 1. The molecule has 0 aliphatic carbocycles. The summed E-state index contributed by atoms with van der Waals surface area (Å²) < 4.78 is 1.01. The molecule has 0 aliphatic heterocycles. The van der Waals surface area contributed by atoms with E-state index >= 15 is 0 Å². The van der Waals surface area contributed by atoms with Crippen molar-refractivity contribution in [3.63, 3.8) is 0 Å². The SMILES string of the molecule is CC(C)N(CCC(=O)O)c1cccc(Br)c1. The summed E-state index contributed by atoms with van der Waals surface area (Å²) >= 11 is 3.42. The molecule has 0 spiro atoms. The molecular formula is C12H16BrNO2. The van der Waals surface area contributed by atoms with Gasteiger partial charge in [-0.15, -0.1) is 0 Å². The van der Waals surface area contributed by atoms with E-state index in [1.165, 1.54) is 0 Å². The molecular weight excluding hydrogens is 270 g/mol. The lowest BCUT2D eigenvalue weighted by molar-refractivity contribution is -0.136. The predicted octanol–water partition coefficient (Wildman–Crippen LogP) is 3.14. The van der Waals surface area contributed by atoms with Crippen molar-refractivity contribution >= 4 is 27.6 Å². The second-order valence-corrected chi connectivity index (χ2v) is 4.83. The average Bonchev–Trinajstić information content (AvgIpc) is 2.17. The normalized spacial score (nSPS) is 10.5. The van der Waals surface area contributed by atoms with Crippen molar-refractivity contribution in [1.29, 1.82) is 0 Å². The summed E-state index contributed by atoms with van der Waals surface area (Å²) in [6.45, 7) is 4.65. The molecule has 1 N–H and O–H groups in total. The van der Waals surface area contributed by atoms with E-state index in [2.05, 4.69) is 34.7 Å². The van der Waals surface area contributed by atoms with Crippen LogP contribution >= 0.6 is 15.9 Å². The summed E-state index contributed by atoms with van der Waals surface area (Å²) in [7, 11) is 0. The molecule has 88 valence electrons. The zero-order chi connectivity index (χ0) is 12.1. The Kier molecular flexibility index (Phi) is 4.80. The van der Waals surface area contributed by atoms with Crippen molar-refractivity contribution in [2.75, 3.05) is 11.4 Å². The minimum atomic E-state index is -0.763. The molecule has 4 heteroatoms. The Morgan fingerprint density at radius 2 is 2.19 bits per heavy atom. The number of benzene rings is 1. The minimum Gasteiger partial charge on any atom is -0.481 e. The highest BCUT2D eigenvalue weighted by Crippen LogP contribution is 2.21. The van der Waals surface area contributed by atoms with E-state index in [4.69, 9.17) is 5.11 Å². The standard InChI is InChI=1S/C12H16BrNO2/c1-9(2)14(7-6-12(15)16)11-5-3-4-10(13)8-11/h3-5,8-9H,6-7H2,1-2H3,(H,15,16). The fraction of sp³-hybridized carbons (Fsp3) is 0.417. The highest BCUT2D eigenvalue weighted by Gasteiger charge is 2.12. The molecule has 0 aliphatic rings. The van der Waals surface area contributed by atoms with Gasteiger partial charge in [0.15, 0.2) is 0 Å². The first-order valence-corrected chi connectivity index (χ1v) is 6.04. The van der Waals surface area contributed by atoms with Gasteiger partial charge in [-0.2, -0.15) is 0 Å². The van der Waals surface area contributed by atoms with E-state index in [1.54, 1.807) is 0 Å². The molecule has 0 aromatic heterocycles. The Morgan fingerprint density at radius 1 is 1.50 bits per heavy atom. The van der Waals surface area contributed by atoms with Gasteiger partial charge in [-0.25, -0.2) is 0 Å². The number of aliphatic carboxylic acids is 1. The number of carbonyl (C=O) groups is 1. The van der Waals surface area contributed by atoms with Crippen LogP contribution in [-0.4, -0.2) is 23.7 Å². The summed E-state index contributed by atoms with van der Waals surface area (Å²) in [6, 6.07) is 8.19. The molecule has 16 heavy (non-hydrogen) atoms. The van der Waals surface area contributed by atoms with Crippen LogP contribution in [0, 0.1) is 0 Å². The third-order valence-corrected chi connectivity index (χ3v) is 2.82. The van der Waals surface area contributed by atoms with E-state index < -0.39 is 5.97 Å². The van der Waals surface area contributed by atoms with Crippen LogP contribution in [0.5, 0.6) is 0 Å². The van der Waals surface area contributed by atoms with Crippen LogP contribution in [0.15, 0.2) is 28.7 Å². The summed E-state index contributed by atoms with van der Waals surface area (Å²) in [6.07, 6.45) is 0.157. The lowest BCUT2D eigenvalue weighted by Gasteiger charge is -2.28. The van der Waals surface area contributed by atoms with Gasteiger partial charge in [-0.1, -0.05) is 22.0 Å². The number of carboxylic acids is 1. The van der Waals surface area contributed by atoms with E-state index in [9.17, 15) is 4.79 Å².